The van der Waals surface area contributed by atoms with Gasteiger partial charge in [0.15, 0.2) is 19.0 Å². The number of benzene rings is 2. The summed E-state index contributed by atoms with van der Waals surface area (Å²) in [5.74, 6) is 2.17. The van der Waals surface area contributed by atoms with Crippen molar-refractivity contribution in [3.63, 3.8) is 0 Å². The van der Waals surface area contributed by atoms with E-state index in [1.807, 2.05) is 47.8 Å². The molecule has 2 aromatic rings. The molecule has 3 rings (SSSR count). The van der Waals surface area contributed by atoms with Crippen LogP contribution in [0.25, 0.3) is 0 Å². The topological polar surface area (TPSA) is 86.2 Å². The standard InChI is InChI=1S/C22H22Cl2N2O5S2/c1-2-29-20(28)13-31-21-17(23)9-14(10-18(21)24)11-25-26-19(27)12-30-16-5-3-15(4-6-16)22-32-7-8-33-22/h3-6,9-11,22H,2,7-8,12-13H2,1H3,(H,26,27)/b25-11-. The second-order valence-electron chi connectivity index (χ2n) is 6.63. The smallest absolute Gasteiger partial charge is 0.344 e. The van der Waals surface area contributed by atoms with Crippen LogP contribution >= 0.6 is 46.7 Å². The number of carbonyl (C=O) groups excluding carboxylic acids is 2. The van der Waals surface area contributed by atoms with Gasteiger partial charge in [0.25, 0.3) is 5.91 Å². The Labute approximate surface area is 210 Å². The van der Waals surface area contributed by atoms with Crippen LogP contribution in [0.5, 0.6) is 11.5 Å². The predicted molar refractivity (Wildman–Crippen MR) is 134 cm³/mol. The first-order chi connectivity index (χ1) is 16.0. The van der Waals surface area contributed by atoms with Gasteiger partial charge in [-0.3, -0.25) is 4.79 Å². The average molecular weight is 529 g/mol. The van der Waals surface area contributed by atoms with E-state index in [1.165, 1.54) is 23.3 Å². The molecule has 7 nitrogen and oxygen atoms in total. The minimum absolute atomic E-state index is 0.164. The lowest BCUT2D eigenvalue weighted by Gasteiger charge is -2.10. The Bertz CT molecular complexity index is 976. The lowest BCUT2D eigenvalue weighted by molar-refractivity contribution is -0.145. The molecule has 11 heteroatoms. The fourth-order valence-corrected chi connectivity index (χ4v) is 6.23. The van der Waals surface area contributed by atoms with Crippen LogP contribution in [-0.2, 0) is 14.3 Å². The van der Waals surface area contributed by atoms with Crippen LogP contribution in [0.1, 0.15) is 22.6 Å². The van der Waals surface area contributed by atoms with Gasteiger partial charge in [0.2, 0.25) is 0 Å². The Morgan fingerprint density at radius 2 is 1.76 bits per heavy atom. The third kappa shape index (κ3) is 8.03. The van der Waals surface area contributed by atoms with Gasteiger partial charge in [-0.1, -0.05) is 35.3 Å². The Morgan fingerprint density at radius 1 is 1.09 bits per heavy atom. The summed E-state index contributed by atoms with van der Waals surface area (Å²) in [5, 5.41) is 4.28. The number of hydrogen-bond donors (Lipinski definition) is 1. The molecule has 0 spiro atoms. The van der Waals surface area contributed by atoms with Crippen molar-refractivity contribution in [2.75, 3.05) is 31.3 Å². The summed E-state index contributed by atoms with van der Waals surface area (Å²) in [6, 6.07) is 10.9. The second kappa shape index (κ2) is 13.0. The maximum atomic E-state index is 12.0. The molecule has 1 fully saturated rings. The number of halogens is 2. The van der Waals surface area contributed by atoms with E-state index < -0.39 is 11.9 Å². The van der Waals surface area contributed by atoms with Gasteiger partial charge in [-0.25, -0.2) is 10.2 Å². The lowest BCUT2D eigenvalue weighted by Crippen LogP contribution is -2.24. The van der Waals surface area contributed by atoms with Crippen molar-refractivity contribution < 1.29 is 23.8 Å². The van der Waals surface area contributed by atoms with Crippen LogP contribution in [-0.4, -0.2) is 49.4 Å². The van der Waals surface area contributed by atoms with E-state index >= 15 is 0 Å². The molecule has 0 aromatic heterocycles. The Kier molecular flexibility index (Phi) is 10.1. The summed E-state index contributed by atoms with van der Waals surface area (Å²) in [5.41, 5.74) is 4.17. The van der Waals surface area contributed by atoms with E-state index in [2.05, 4.69) is 10.5 Å². The van der Waals surface area contributed by atoms with Crippen LogP contribution in [0.2, 0.25) is 10.0 Å². The molecule has 0 radical (unpaired) electrons. The van der Waals surface area contributed by atoms with Crippen LogP contribution in [0.3, 0.4) is 0 Å². The van der Waals surface area contributed by atoms with Crippen LogP contribution < -0.4 is 14.9 Å². The van der Waals surface area contributed by atoms with E-state index in [1.54, 1.807) is 19.1 Å². The van der Waals surface area contributed by atoms with Gasteiger partial charge in [0, 0.05) is 11.5 Å². The van der Waals surface area contributed by atoms with E-state index in [0.29, 0.717) is 15.9 Å². The highest BCUT2D eigenvalue weighted by Gasteiger charge is 2.18. The minimum atomic E-state index is -0.525. The summed E-state index contributed by atoms with van der Waals surface area (Å²) in [4.78, 5) is 23.4. The number of hydrogen-bond acceptors (Lipinski definition) is 8. The fourth-order valence-electron chi connectivity index (χ4n) is 2.76. The van der Waals surface area contributed by atoms with Crippen molar-refractivity contribution in [3.8, 4) is 11.5 Å². The zero-order valence-corrected chi connectivity index (χ0v) is 20.9. The number of esters is 1. The number of nitrogens with one attached hydrogen (secondary N) is 1. The van der Waals surface area contributed by atoms with Gasteiger partial charge in [-0.05, 0) is 42.3 Å². The van der Waals surface area contributed by atoms with Gasteiger partial charge < -0.3 is 14.2 Å². The molecule has 0 atom stereocenters. The highest BCUT2D eigenvalue weighted by molar-refractivity contribution is 8.19. The Morgan fingerprint density at radius 3 is 2.39 bits per heavy atom. The molecular formula is C22H22Cl2N2O5S2. The average Bonchev–Trinajstić information content (AvgIpc) is 3.33. The zero-order valence-electron chi connectivity index (χ0n) is 17.7. The van der Waals surface area contributed by atoms with Gasteiger partial charge in [0.05, 0.1) is 27.4 Å². The number of hydrazone groups is 1. The minimum Gasteiger partial charge on any atom is -0.484 e. The van der Waals surface area contributed by atoms with E-state index in [-0.39, 0.29) is 35.6 Å². The van der Waals surface area contributed by atoms with Crippen molar-refractivity contribution in [1.82, 2.24) is 5.43 Å². The van der Waals surface area contributed by atoms with Crippen LogP contribution in [0.15, 0.2) is 41.5 Å². The van der Waals surface area contributed by atoms with Crippen LogP contribution in [0.4, 0.5) is 0 Å². The number of nitrogens with zero attached hydrogens (tertiary/aromatic N) is 1. The molecule has 1 heterocycles. The molecule has 0 unspecified atom stereocenters. The molecule has 0 saturated carbocycles. The highest BCUT2D eigenvalue weighted by atomic mass is 35.5. The first-order valence-electron chi connectivity index (χ1n) is 10.0. The van der Waals surface area contributed by atoms with Crippen molar-refractivity contribution in [2.45, 2.75) is 11.5 Å². The fraction of sp³-hybridized carbons (Fsp3) is 0.318. The molecule has 1 saturated heterocycles. The summed E-state index contributed by atoms with van der Waals surface area (Å²) in [6.07, 6.45) is 1.39. The number of ether oxygens (including phenoxy) is 3. The largest absolute Gasteiger partial charge is 0.484 e. The summed E-state index contributed by atoms with van der Waals surface area (Å²) in [6.45, 7) is 1.47. The van der Waals surface area contributed by atoms with Crippen molar-refractivity contribution >= 4 is 64.8 Å². The number of amides is 1. The third-order valence-corrected chi connectivity index (χ3v) is 7.87. The van der Waals surface area contributed by atoms with Crippen molar-refractivity contribution in [3.05, 3.63) is 57.6 Å². The molecule has 2 aromatic carbocycles. The summed E-state index contributed by atoms with van der Waals surface area (Å²) < 4.78 is 16.1. The van der Waals surface area contributed by atoms with Crippen molar-refractivity contribution in [2.24, 2.45) is 5.10 Å². The first kappa shape index (κ1) is 25.6. The monoisotopic (exact) mass is 528 g/mol. The second-order valence-corrected chi connectivity index (χ2v) is 10.2. The molecule has 1 aliphatic rings. The molecule has 1 amide bonds. The van der Waals surface area contributed by atoms with Crippen molar-refractivity contribution in [1.29, 1.82) is 0 Å². The van der Waals surface area contributed by atoms with Gasteiger partial charge in [0.1, 0.15) is 5.75 Å². The molecule has 0 aliphatic carbocycles. The van der Waals surface area contributed by atoms with Gasteiger partial charge in [-0.15, -0.1) is 23.5 Å². The zero-order chi connectivity index (χ0) is 23.6. The quantitative estimate of drug-likeness (QED) is 0.265. The molecule has 0 bridgehead atoms. The maximum Gasteiger partial charge on any atom is 0.344 e. The van der Waals surface area contributed by atoms with Gasteiger partial charge >= 0.3 is 5.97 Å². The maximum absolute atomic E-state index is 12.0. The van der Waals surface area contributed by atoms with Gasteiger partial charge in [-0.2, -0.15) is 5.10 Å². The van der Waals surface area contributed by atoms with E-state index in [4.69, 9.17) is 37.4 Å². The third-order valence-electron chi connectivity index (χ3n) is 4.21. The molecule has 1 N–H and O–H groups in total. The Balaban J connectivity index is 1.46. The molecule has 1 aliphatic heterocycles. The SMILES string of the molecule is CCOC(=O)COc1c(Cl)cc(/C=N\NC(=O)COc2ccc(C3SCCS3)cc2)cc1Cl. The first-order valence-corrected chi connectivity index (χ1v) is 12.9. The molecule has 176 valence electrons. The normalized spacial score (nSPS) is 13.8. The number of thioether (sulfide) groups is 2. The summed E-state index contributed by atoms with van der Waals surface area (Å²) >= 11 is 16.2. The molecular weight excluding hydrogens is 507 g/mol. The predicted octanol–water partition coefficient (Wildman–Crippen LogP) is 4.94. The highest BCUT2D eigenvalue weighted by Crippen LogP contribution is 2.45. The Hall–Kier alpha value is -2.07. The molecule has 33 heavy (non-hydrogen) atoms. The number of rotatable bonds is 10. The summed E-state index contributed by atoms with van der Waals surface area (Å²) in [7, 11) is 0. The van der Waals surface area contributed by atoms with Crippen LogP contribution in [0, 0.1) is 0 Å². The van der Waals surface area contributed by atoms with E-state index in [0.717, 1.165) is 0 Å². The van der Waals surface area contributed by atoms with E-state index in [9.17, 15) is 9.59 Å². The lowest BCUT2D eigenvalue weighted by atomic mass is 10.2. The number of carbonyl (C=O) groups is 2.